The quantitative estimate of drug-likeness (QED) is 0.773. The Morgan fingerprint density at radius 3 is 2.80 bits per heavy atom. The zero-order valence-electron chi connectivity index (χ0n) is 7.50. The van der Waals surface area contributed by atoms with E-state index in [1.165, 1.54) is 11.3 Å². The molecular formula is C10H6Br2O2S. The van der Waals surface area contributed by atoms with Gasteiger partial charge in [0.25, 0.3) is 0 Å². The molecule has 0 fully saturated rings. The molecule has 2 aromatic heterocycles. The average Bonchev–Trinajstić information content (AvgIpc) is 2.78. The van der Waals surface area contributed by atoms with Crippen molar-refractivity contribution < 1.29 is 9.21 Å². The standard InChI is InChI=1S/C10H6Br2O2S/c11-7-4-9(15-10(7)12)8(13)3-6-1-2-14-5-6/h1-2,4-5H,3H2. The molecule has 5 heteroatoms. The molecule has 2 aromatic rings. The van der Waals surface area contributed by atoms with Gasteiger partial charge in [0.1, 0.15) is 0 Å². The molecule has 0 aliphatic rings. The number of halogens is 2. The molecule has 0 aliphatic carbocycles. The van der Waals surface area contributed by atoms with E-state index < -0.39 is 0 Å². The highest BCUT2D eigenvalue weighted by Gasteiger charge is 2.12. The molecule has 78 valence electrons. The van der Waals surface area contributed by atoms with Crippen LogP contribution in [0.25, 0.3) is 0 Å². The van der Waals surface area contributed by atoms with Gasteiger partial charge in [-0.15, -0.1) is 11.3 Å². The summed E-state index contributed by atoms with van der Waals surface area (Å²) in [6, 6.07) is 3.63. The summed E-state index contributed by atoms with van der Waals surface area (Å²) < 4.78 is 6.77. The van der Waals surface area contributed by atoms with Crippen molar-refractivity contribution in [1.82, 2.24) is 0 Å². The predicted octanol–water partition coefficient (Wildman–Crippen LogP) is 4.29. The van der Waals surface area contributed by atoms with Gasteiger partial charge < -0.3 is 4.42 Å². The minimum Gasteiger partial charge on any atom is -0.472 e. The Morgan fingerprint density at radius 2 is 2.27 bits per heavy atom. The van der Waals surface area contributed by atoms with Gasteiger partial charge in [-0.05, 0) is 49.6 Å². The molecule has 0 amide bonds. The van der Waals surface area contributed by atoms with Crippen molar-refractivity contribution in [2.45, 2.75) is 6.42 Å². The maximum Gasteiger partial charge on any atom is 0.177 e. The molecule has 0 bridgehead atoms. The molecular weight excluding hydrogens is 344 g/mol. The molecule has 2 heterocycles. The number of hydrogen-bond donors (Lipinski definition) is 0. The third-order valence-corrected chi connectivity index (χ3v) is 5.16. The topological polar surface area (TPSA) is 30.2 Å². The molecule has 0 radical (unpaired) electrons. The fourth-order valence-electron chi connectivity index (χ4n) is 1.15. The van der Waals surface area contributed by atoms with E-state index in [2.05, 4.69) is 31.9 Å². The summed E-state index contributed by atoms with van der Waals surface area (Å²) in [4.78, 5) is 12.6. The molecule has 0 saturated heterocycles. The van der Waals surface area contributed by atoms with E-state index in [0.717, 1.165) is 18.7 Å². The summed E-state index contributed by atoms with van der Waals surface area (Å²) in [5, 5.41) is 0. The lowest BCUT2D eigenvalue weighted by Crippen LogP contribution is -1.99. The summed E-state index contributed by atoms with van der Waals surface area (Å²) >= 11 is 8.15. The molecule has 0 unspecified atom stereocenters. The Morgan fingerprint density at radius 1 is 1.47 bits per heavy atom. The van der Waals surface area contributed by atoms with Crippen LogP contribution in [-0.4, -0.2) is 5.78 Å². The van der Waals surface area contributed by atoms with Crippen molar-refractivity contribution in [2.75, 3.05) is 0 Å². The van der Waals surface area contributed by atoms with E-state index in [1.54, 1.807) is 18.6 Å². The smallest absolute Gasteiger partial charge is 0.177 e. The summed E-state index contributed by atoms with van der Waals surface area (Å²) in [6.07, 6.45) is 3.55. The zero-order chi connectivity index (χ0) is 10.8. The third-order valence-electron chi connectivity index (χ3n) is 1.86. The maximum atomic E-state index is 11.8. The lowest BCUT2D eigenvalue weighted by molar-refractivity contribution is 0.0996. The van der Waals surface area contributed by atoms with Gasteiger partial charge in [-0.25, -0.2) is 0 Å². The summed E-state index contributed by atoms with van der Waals surface area (Å²) in [5.74, 6) is 0.104. The fourth-order valence-corrected chi connectivity index (χ4v) is 3.12. The van der Waals surface area contributed by atoms with Gasteiger partial charge in [-0.3, -0.25) is 4.79 Å². The first-order valence-electron chi connectivity index (χ1n) is 4.16. The van der Waals surface area contributed by atoms with E-state index in [-0.39, 0.29) is 5.78 Å². The van der Waals surface area contributed by atoms with Gasteiger partial charge >= 0.3 is 0 Å². The number of furan rings is 1. The Kier molecular flexibility index (Phi) is 3.43. The number of ketones is 1. The Hall–Kier alpha value is -0.390. The first-order chi connectivity index (χ1) is 7.16. The van der Waals surface area contributed by atoms with Crippen LogP contribution in [0.2, 0.25) is 0 Å². The highest BCUT2D eigenvalue weighted by Crippen LogP contribution is 2.32. The molecule has 2 rings (SSSR count). The van der Waals surface area contributed by atoms with Crippen LogP contribution in [-0.2, 0) is 6.42 Å². The lowest BCUT2D eigenvalue weighted by atomic mass is 10.1. The summed E-state index contributed by atoms with van der Waals surface area (Å²) in [5.41, 5.74) is 0.903. The Balaban J connectivity index is 2.15. The fraction of sp³-hybridized carbons (Fsp3) is 0.100. The molecule has 0 atom stereocenters. The normalized spacial score (nSPS) is 10.5. The molecule has 15 heavy (non-hydrogen) atoms. The van der Waals surface area contributed by atoms with Gasteiger partial charge in [-0.2, -0.15) is 0 Å². The monoisotopic (exact) mass is 348 g/mol. The Labute approximate surface area is 108 Å². The van der Waals surface area contributed by atoms with Gasteiger partial charge in [0.2, 0.25) is 0 Å². The summed E-state index contributed by atoms with van der Waals surface area (Å²) in [6.45, 7) is 0. The van der Waals surface area contributed by atoms with Gasteiger partial charge in [-0.1, -0.05) is 0 Å². The van der Waals surface area contributed by atoms with Crippen molar-refractivity contribution in [3.8, 4) is 0 Å². The largest absolute Gasteiger partial charge is 0.472 e. The van der Waals surface area contributed by atoms with Crippen LogP contribution in [0.15, 0.2) is 37.3 Å². The predicted molar refractivity (Wildman–Crippen MR) is 66.5 cm³/mol. The second-order valence-corrected chi connectivity index (χ2v) is 6.19. The number of carbonyl (C=O) groups is 1. The van der Waals surface area contributed by atoms with Gasteiger partial charge in [0.15, 0.2) is 5.78 Å². The van der Waals surface area contributed by atoms with E-state index in [4.69, 9.17) is 4.42 Å². The zero-order valence-corrected chi connectivity index (χ0v) is 11.5. The van der Waals surface area contributed by atoms with Crippen LogP contribution in [0.5, 0.6) is 0 Å². The Bertz CT molecular complexity index is 454. The minimum absolute atomic E-state index is 0.104. The second kappa shape index (κ2) is 4.63. The van der Waals surface area contributed by atoms with E-state index >= 15 is 0 Å². The van der Waals surface area contributed by atoms with Crippen LogP contribution < -0.4 is 0 Å². The number of Topliss-reactive ketones (excluding diaryl/α,β-unsaturated/α-hetero) is 1. The van der Waals surface area contributed by atoms with E-state index in [9.17, 15) is 4.79 Å². The van der Waals surface area contributed by atoms with Crippen LogP contribution in [0.1, 0.15) is 15.2 Å². The number of hydrogen-bond acceptors (Lipinski definition) is 3. The van der Waals surface area contributed by atoms with Gasteiger partial charge in [0, 0.05) is 10.9 Å². The van der Waals surface area contributed by atoms with Gasteiger partial charge in [0.05, 0.1) is 21.2 Å². The first kappa shape index (κ1) is 11.1. The van der Waals surface area contributed by atoms with Crippen molar-refractivity contribution in [1.29, 1.82) is 0 Å². The minimum atomic E-state index is 0.104. The van der Waals surface area contributed by atoms with E-state index in [0.29, 0.717) is 6.42 Å². The third kappa shape index (κ3) is 2.59. The highest BCUT2D eigenvalue weighted by atomic mass is 79.9. The van der Waals surface area contributed by atoms with Crippen molar-refractivity contribution in [2.24, 2.45) is 0 Å². The van der Waals surface area contributed by atoms with Crippen LogP contribution in [0.3, 0.4) is 0 Å². The average molecular weight is 350 g/mol. The molecule has 0 aromatic carbocycles. The van der Waals surface area contributed by atoms with Crippen LogP contribution >= 0.6 is 43.2 Å². The van der Waals surface area contributed by atoms with Crippen molar-refractivity contribution >= 4 is 49.0 Å². The highest BCUT2D eigenvalue weighted by molar-refractivity contribution is 9.13. The first-order valence-corrected chi connectivity index (χ1v) is 6.56. The summed E-state index contributed by atoms with van der Waals surface area (Å²) in [7, 11) is 0. The number of rotatable bonds is 3. The number of thiophene rings is 1. The van der Waals surface area contributed by atoms with Crippen LogP contribution in [0.4, 0.5) is 0 Å². The molecule has 0 saturated carbocycles. The maximum absolute atomic E-state index is 11.8. The number of carbonyl (C=O) groups excluding carboxylic acids is 1. The molecule has 0 spiro atoms. The molecule has 0 N–H and O–H groups in total. The molecule has 2 nitrogen and oxygen atoms in total. The lowest BCUT2D eigenvalue weighted by Gasteiger charge is -1.92. The van der Waals surface area contributed by atoms with Crippen molar-refractivity contribution in [3.05, 3.63) is 43.4 Å². The van der Waals surface area contributed by atoms with Crippen molar-refractivity contribution in [3.63, 3.8) is 0 Å². The molecule has 0 aliphatic heterocycles. The van der Waals surface area contributed by atoms with Crippen LogP contribution in [0, 0.1) is 0 Å². The van der Waals surface area contributed by atoms with E-state index in [1.807, 2.05) is 6.07 Å². The second-order valence-electron chi connectivity index (χ2n) is 2.96. The SMILES string of the molecule is O=C(Cc1ccoc1)c1cc(Br)c(Br)s1.